The van der Waals surface area contributed by atoms with Gasteiger partial charge in [-0.1, -0.05) is 55.5 Å². The first kappa shape index (κ1) is 19.2. The zero-order valence-electron chi connectivity index (χ0n) is 16.7. The zero-order chi connectivity index (χ0) is 19.3. The Kier molecular flexibility index (Phi) is 6.08. The standard InChI is InChI=1S/C24H30N2O2/c1-2-19-10-6-7-13-21(19)24(27)26-16-17-28-22(18-25-14-8-9-15-25)23(26)20-11-4-3-5-12-20/h3-7,10-13,22-23H,2,8-9,14-18H2,1H3/t22-,23-/m0/s1. The molecule has 4 heteroatoms. The summed E-state index contributed by atoms with van der Waals surface area (Å²) in [4.78, 5) is 18.1. The maximum absolute atomic E-state index is 13.6. The second kappa shape index (κ2) is 8.89. The van der Waals surface area contributed by atoms with Crippen molar-refractivity contribution in [1.82, 2.24) is 9.80 Å². The summed E-state index contributed by atoms with van der Waals surface area (Å²) >= 11 is 0. The van der Waals surface area contributed by atoms with Crippen LogP contribution in [0, 0.1) is 0 Å². The van der Waals surface area contributed by atoms with Gasteiger partial charge in [-0.2, -0.15) is 0 Å². The third kappa shape index (κ3) is 3.98. The lowest BCUT2D eigenvalue weighted by Crippen LogP contribution is -2.51. The Hall–Kier alpha value is -2.17. The molecular formula is C24H30N2O2. The predicted molar refractivity (Wildman–Crippen MR) is 111 cm³/mol. The molecule has 0 N–H and O–H groups in total. The minimum absolute atomic E-state index is 0.00647. The fraction of sp³-hybridized carbons (Fsp3) is 0.458. The number of rotatable bonds is 5. The number of ether oxygens (including phenoxy) is 1. The first-order chi connectivity index (χ1) is 13.8. The molecule has 0 radical (unpaired) electrons. The molecule has 2 heterocycles. The number of likely N-dealkylation sites (tertiary alicyclic amines) is 1. The SMILES string of the molecule is CCc1ccccc1C(=O)N1CCO[C@@H](CN2CCCC2)[C@@H]1c1ccccc1. The molecule has 2 atom stereocenters. The summed E-state index contributed by atoms with van der Waals surface area (Å²) in [7, 11) is 0. The normalized spacial score (nSPS) is 23.1. The first-order valence-electron chi connectivity index (χ1n) is 10.6. The van der Waals surface area contributed by atoms with Gasteiger partial charge in [-0.25, -0.2) is 0 Å². The molecule has 4 nitrogen and oxygen atoms in total. The van der Waals surface area contributed by atoms with E-state index in [2.05, 4.69) is 42.2 Å². The van der Waals surface area contributed by atoms with Gasteiger partial charge in [-0.3, -0.25) is 4.79 Å². The molecule has 1 amide bonds. The lowest BCUT2D eigenvalue weighted by atomic mass is 9.95. The number of amides is 1. The molecule has 4 rings (SSSR count). The predicted octanol–water partition coefficient (Wildman–Crippen LogP) is 3.93. The maximum atomic E-state index is 13.6. The van der Waals surface area contributed by atoms with Gasteiger partial charge in [-0.15, -0.1) is 0 Å². The van der Waals surface area contributed by atoms with Gasteiger partial charge in [0.05, 0.1) is 18.8 Å². The summed E-state index contributed by atoms with van der Waals surface area (Å²) < 4.78 is 6.24. The molecule has 2 aromatic rings. The van der Waals surface area contributed by atoms with Gasteiger partial charge in [0.2, 0.25) is 0 Å². The van der Waals surface area contributed by atoms with Crippen molar-refractivity contribution in [2.75, 3.05) is 32.8 Å². The Morgan fingerprint density at radius 3 is 2.46 bits per heavy atom. The number of hydrogen-bond donors (Lipinski definition) is 0. The van der Waals surface area contributed by atoms with E-state index in [1.807, 2.05) is 29.2 Å². The highest BCUT2D eigenvalue weighted by molar-refractivity contribution is 5.96. The van der Waals surface area contributed by atoms with E-state index in [0.29, 0.717) is 13.2 Å². The summed E-state index contributed by atoms with van der Waals surface area (Å²) in [6.45, 7) is 6.49. The highest BCUT2D eigenvalue weighted by Gasteiger charge is 2.38. The van der Waals surface area contributed by atoms with Gasteiger partial charge in [0.1, 0.15) is 0 Å². The van der Waals surface area contributed by atoms with E-state index in [1.54, 1.807) is 0 Å². The van der Waals surface area contributed by atoms with Crippen molar-refractivity contribution in [3.8, 4) is 0 Å². The summed E-state index contributed by atoms with van der Waals surface area (Å²) in [5.41, 5.74) is 3.10. The van der Waals surface area contributed by atoms with Crippen molar-refractivity contribution in [2.45, 2.75) is 38.3 Å². The topological polar surface area (TPSA) is 32.8 Å². The molecule has 0 aliphatic carbocycles. The Morgan fingerprint density at radius 1 is 1.00 bits per heavy atom. The van der Waals surface area contributed by atoms with Crippen molar-refractivity contribution in [3.63, 3.8) is 0 Å². The molecule has 0 bridgehead atoms. The number of benzene rings is 2. The summed E-state index contributed by atoms with van der Waals surface area (Å²) in [6, 6.07) is 18.4. The summed E-state index contributed by atoms with van der Waals surface area (Å²) in [6.07, 6.45) is 3.39. The average molecular weight is 379 g/mol. The van der Waals surface area contributed by atoms with E-state index >= 15 is 0 Å². The molecule has 0 unspecified atom stereocenters. The first-order valence-corrected chi connectivity index (χ1v) is 10.6. The third-order valence-electron chi connectivity index (χ3n) is 6.02. The second-order valence-corrected chi connectivity index (χ2v) is 7.78. The second-order valence-electron chi connectivity index (χ2n) is 7.78. The van der Waals surface area contributed by atoms with Crippen LogP contribution in [0.25, 0.3) is 0 Å². The van der Waals surface area contributed by atoms with E-state index in [-0.39, 0.29) is 18.1 Å². The molecule has 2 aromatic carbocycles. The van der Waals surface area contributed by atoms with Crippen LogP contribution in [0.2, 0.25) is 0 Å². The largest absolute Gasteiger partial charge is 0.373 e. The van der Waals surface area contributed by atoms with Crippen LogP contribution in [-0.4, -0.2) is 54.6 Å². The van der Waals surface area contributed by atoms with Crippen LogP contribution < -0.4 is 0 Å². The molecule has 0 aromatic heterocycles. The fourth-order valence-electron chi connectivity index (χ4n) is 4.57. The Balaban J connectivity index is 1.66. The molecule has 148 valence electrons. The Bertz CT molecular complexity index is 786. The molecule has 0 spiro atoms. The Labute approximate surface area is 168 Å². The van der Waals surface area contributed by atoms with Crippen LogP contribution >= 0.6 is 0 Å². The quantitative estimate of drug-likeness (QED) is 0.790. The van der Waals surface area contributed by atoms with Crippen molar-refractivity contribution >= 4 is 5.91 Å². The third-order valence-corrected chi connectivity index (χ3v) is 6.02. The minimum atomic E-state index is -0.0482. The number of carbonyl (C=O) groups is 1. The summed E-state index contributed by atoms with van der Waals surface area (Å²) in [5.74, 6) is 0.126. The number of morpholine rings is 1. The van der Waals surface area contributed by atoms with Crippen LogP contribution in [0.15, 0.2) is 54.6 Å². The van der Waals surface area contributed by atoms with Crippen LogP contribution in [0.5, 0.6) is 0 Å². The lowest BCUT2D eigenvalue weighted by Gasteiger charge is -2.43. The zero-order valence-corrected chi connectivity index (χ0v) is 16.7. The molecular weight excluding hydrogens is 348 g/mol. The van der Waals surface area contributed by atoms with E-state index in [9.17, 15) is 4.79 Å². The molecule has 28 heavy (non-hydrogen) atoms. The molecule has 0 saturated carbocycles. The fourth-order valence-corrected chi connectivity index (χ4v) is 4.57. The smallest absolute Gasteiger partial charge is 0.254 e. The van der Waals surface area contributed by atoms with Crippen LogP contribution in [-0.2, 0) is 11.2 Å². The van der Waals surface area contributed by atoms with Crippen LogP contribution in [0.4, 0.5) is 0 Å². The monoisotopic (exact) mass is 378 g/mol. The molecule has 2 fully saturated rings. The highest BCUT2D eigenvalue weighted by atomic mass is 16.5. The Morgan fingerprint density at radius 2 is 1.71 bits per heavy atom. The number of carbonyl (C=O) groups excluding carboxylic acids is 1. The molecule has 2 saturated heterocycles. The highest BCUT2D eigenvalue weighted by Crippen LogP contribution is 2.32. The van der Waals surface area contributed by atoms with Gasteiger partial charge in [0.25, 0.3) is 5.91 Å². The van der Waals surface area contributed by atoms with Gasteiger partial charge >= 0.3 is 0 Å². The van der Waals surface area contributed by atoms with E-state index in [0.717, 1.165) is 42.7 Å². The van der Waals surface area contributed by atoms with Crippen molar-refractivity contribution in [2.24, 2.45) is 0 Å². The van der Waals surface area contributed by atoms with Gasteiger partial charge in [0.15, 0.2) is 0 Å². The average Bonchev–Trinajstić information content (AvgIpc) is 3.27. The van der Waals surface area contributed by atoms with E-state index < -0.39 is 0 Å². The number of hydrogen-bond acceptors (Lipinski definition) is 3. The van der Waals surface area contributed by atoms with Gasteiger partial charge in [-0.05, 0) is 49.5 Å². The van der Waals surface area contributed by atoms with E-state index in [1.165, 1.54) is 12.8 Å². The van der Waals surface area contributed by atoms with Crippen molar-refractivity contribution in [3.05, 3.63) is 71.3 Å². The van der Waals surface area contributed by atoms with E-state index in [4.69, 9.17) is 4.74 Å². The van der Waals surface area contributed by atoms with Crippen molar-refractivity contribution in [1.29, 1.82) is 0 Å². The number of nitrogens with zero attached hydrogens (tertiary/aromatic N) is 2. The maximum Gasteiger partial charge on any atom is 0.254 e. The van der Waals surface area contributed by atoms with Gasteiger partial charge in [0, 0.05) is 18.7 Å². The minimum Gasteiger partial charge on any atom is -0.373 e. The molecule has 2 aliphatic rings. The summed E-state index contributed by atoms with van der Waals surface area (Å²) in [5, 5.41) is 0. The number of aryl methyl sites for hydroxylation is 1. The van der Waals surface area contributed by atoms with Gasteiger partial charge < -0.3 is 14.5 Å². The lowest BCUT2D eigenvalue weighted by molar-refractivity contribution is -0.0707. The van der Waals surface area contributed by atoms with Crippen LogP contribution in [0.1, 0.15) is 47.3 Å². The van der Waals surface area contributed by atoms with Crippen molar-refractivity contribution < 1.29 is 9.53 Å². The van der Waals surface area contributed by atoms with Crippen LogP contribution in [0.3, 0.4) is 0 Å². The molecule has 2 aliphatic heterocycles.